The molecular weight excluding hydrogens is 350 g/mol. The fourth-order valence-electron chi connectivity index (χ4n) is 3.67. The van der Waals surface area contributed by atoms with Crippen molar-refractivity contribution in [2.24, 2.45) is 13.0 Å². The summed E-state index contributed by atoms with van der Waals surface area (Å²) in [4.78, 5) is 14.9. The summed E-state index contributed by atoms with van der Waals surface area (Å²) in [6.45, 7) is 9.56. The van der Waals surface area contributed by atoms with Crippen molar-refractivity contribution >= 4 is 15.9 Å². The first-order valence-electron chi connectivity index (χ1n) is 9.54. The molecule has 0 spiro atoms. The molecule has 0 saturated carbocycles. The molecule has 26 heavy (non-hydrogen) atoms. The molecule has 0 aliphatic carbocycles. The van der Waals surface area contributed by atoms with E-state index in [1.807, 2.05) is 0 Å². The van der Waals surface area contributed by atoms with Crippen LogP contribution in [0.5, 0.6) is 0 Å². The van der Waals surface area contributed by atoms with E-state index in [2.05, 4.69) is 13.8 Å². The van der Waals surface area contributed by atoms with Crippen molar-refractivity contribution in [1.29, 1.82) is 0 Å². The Morgan fingerprint density at radius 3 is 2.35 bits per heavy atom. The molecule has 1 aromatic heterocycles. The third-order valence-electron chi connectivity index (χ3n) is 5.60. The van der Waals surface area contributed by atoms with E-state index in [4.69, 9.17) is 0 Å². The molecule has 0 N–H and O–H groups in total. The van der Waals surface area contributed by atoms with Gasteiger partial charge in [-0.15, -0.1) is 0 Å². The van der Waals surface area contributed by atoms with Gasteiger partial charge < -0.3 is 9.47 Å². The van der Waals surface area contributed by atoms with E-state index in [0.29, 0.717) is 47.4 Å². The lowest BCUT2D eigenvalue weighted by Gasteiger charge is -2.29. The number of sulfonamides is 1. The van der Waals surface area contributed by atoms with Crippen LogP contribution in [-0.2, 0) is 17.1 Å². The zero-order valence-corrected chi connectivity index (χ0v) is 17.8. The van der Waals surface area contributed by atoms with E-state index >= 15 is 0 Å². The lowest BCUT2D eigenvalue weighted by molar-refractivity contribution is 0.0783. The molecule has 2 heterocycles. The summed E-state index contributed by atoms with van der Waals surface area (Å²) in [7, 11) is -0.0268. The molecule has 0 aromatic carbocycles. The van der Waals surface area contributed by atoms with Gasteiger partial charge in [-0.25, -0.2) is 8.42 Å². The van der Waals surface area contributed by atoms with Crippen molar-refractivity contribution < 1.29 is 13.2 Å². The lowest BCUT2D eigenvalue weighted by atomic mass is 10.0. The number of unbranched alkanes of at least 4 members (excludes halogenated alkanes) is 1. The predicted molar refractivity (Wildman–Crippen MR) is 104 cm³/mol. The average Bonchev–Trinajstić information content (AvgIpc) is 2.82. The van der Waals surface area contributed by atoms with Crippen LogP contribution in [0.25, 0.3) is 0 Å². The Kier molecular flexibility index (Phi) is 6.55. The van der Waals surface area contributed by atoms with E-state index in [1.54, 1.807) is 41.7 Å². The maximum atomic E-state index is 13.3. The van der Waals surface area contributed by atoms with E-state index in [-0.39, 0.29) is 5.91 Å². The largest absolute Gasteiger partial charge is 0.342 e. The normalized spacial score (nSPS) is 16.8. The van der Waals surface area contributed by atoms with Crippen molar-refractivity contribution in [2.75, 3.05) is 26.7 Å². The quantitative estimate of drug-likeness (QED) is 0.759. The standard InChI is InChI=1S/C19H33N3O3S/c1-7-8-11-20(5)19(23)17-15(3)18(16(4)21(17)6)26(24,25)22-12-9-14(2)10-13-22/h14H,7-13H2,1-6H3. The van der Waals surface area contributed by atoms with Gasteiger partial charge in [-0.2, -0.15) is 4.31 Å². The summed E-state index contributed by atoms with van der Waals surface area (Å²) < 4.78 is 29.8. The highest BCUT2D eigenvalue weighted by molar-refractivity contribution is 7.89. The number of carbonyl (C=O) groups excluding carboxylic acids is 1. The number of amides is 1. The molecule has 0 radical (unpaired) electrons. The summed E-state index contributed by atoms with van der Waals surface area (Å²) in [5, 5.41) is 0. The molecule has 6 nitrogen and oxygen atoms in total. The van der Waals surface area contributed by atoms with Crippen LogP contribution in [0.2, 0.25) is 0 Å². The van der Waals surface area contributed by atoms with Crippen LogP contribution in [0.15, 0.2) is 4.90 Å². The minimum Gasteiger partial charge on any atom is -0.342 e. The Labute approximate surface area is 158 Å². The number of aromatic nitrogens is 1. The van der Waals surface area contributed by atoms with Gasteiger partial charge in [0.15, 0.2) is 0 Å². The Morgan fingerprint density at radius 2 is 1.81 bits per heavy atom. The number of rotatable bonds is 6. The number of piperidine rings is 1. The second kappa shape index (κ2) is 8.13. The molecule has 0 unspecified atom stereocenters. The molecule has 1 fully saturated rings. The maximum absolute atomic E-state index is 13.3. The van der Waals surface area contributed by atoms with Crippen molar-refractivity contribution in [2.45, 2.75) is 58.3 Å². The van der Waals surface area contributed by atoms with Crippen LogP contribution < -0.4 is 0 Å². The molecule has 0 atom stereocenters. The number of carbonyl (C=O) groups is 1. The number of hydrogen-bond acceptors (Lipinski definition) is 3. The van der Waals surface area contributed by atoms with Gasteiger partial charge in [-0.1, -0.05) is 20.3 Å². The van der Waals surface area contributed by atoms with Crippen LogP contribution in [-0.4, -0.2) is 54.8 Å². The zero-order valence-electron chi connectivity index (χ0n) is 17.0. The number of nitrogens with zero attached hydrogens (tertiary/aromatic N) is 3. The smallest absolute Gasteiger partial charge is 0.270 e. The summed E-state index contributed by atoms with van der Waals surface area (Å²) >= 11 is 0. The molecular formula is C19H33N3O3S. The Bertz CT molecular complexity index is 759. The topological polar surface area (TPSA) is 62.6 Å². The first-order valence-corrected chi connectivity index (χ1v) is 11.0. The molecule has 1 aliphatic heterocycles. The van der Waals surface area contributed by atoms with Crippen molar-refractivity contribution in [3.8, 4) is 0 Å². The minimum absolute atomic E-state index is 0.115. The fraction of sp³-hybridized carbons (Fsp3) is 0.737. The highest BCUT2D eigenvalue weighted by Gasteiger charge is 2.35. The van der Waals surface area contributed by atoms with Crippen molar-refractivity contribution in [1.82, 2.24) is 13.8 Å². The zero-order chi connectivity index (χ0) is 19.6. The van der Waals surface area contributed by atoms with Gasteiger partial charge in [0.25, 0.3) is 5.91 Å². The predicted octanol–water partition coefficient (Wildman–Crippen LogP) is 2.93. The third kappa shape index (κ3) is 3.83. The van der Waals surface area contributed by atoms with Gasteiger partial charge in [-0.05, 0) is 39.0 Å². The highest BCUT2D eigenvalue weighted by Crippen LogP contribution is 2.31. The molecule has 7 heteroatoms. The fourth-order valence-corrected chi connectivity index (χ4v) is 5.61. The Morgan fingerprint density at radius 1 is 1.23 bits per heavy atom. The molecule has 1 amide bonds. The van der Waals surface area contributed by atoms with Crippen LogP contribution in [0.1, 0.15) is 61.3 Å². The second-order valence-corrected chi connectivity index (χ2v) is 9.49. The first-order chi connectivity index (χ1) is 12.1. The maximum Gasteiger partial charge on any atom is 0.270 e. The van der Waals surface area contributed by atoms with E-state index in [1.165, 1.54) is 0 Å². The first kappa shape index (κ1) is 21.0. The van der Waals surface area contributed by atoms with Crippen molar-refractivity contribution in [3.63, 3.8) is 0 Å². The molecule has 0 bridgehead atoms. The molecule has 2 rings (SSSR count). The second-order valence-electron chi connectivity index (χ2n) is 7.61. The van der Waals surface area contributed by atoms with E-state index in [9.17, 15) is 13.2 Å². The van der Waals surface area contributed by atoms with Gasteiger partial charge in [0, 0.05) is 45.0 Å². The Balaban J connectivity index is 2.41. The van der Waals surface area contributed by atoms with Gasteiger partial charge in [0.1, 0.15) is 10.6 Å². The molecule has 1 aliphatic rings. The van der Waals surface area contributed by atoms with Crippen LogP contribution in [0.3, 0.4) is 0 Å². The monoisotopic (exact) mass is 383 g/mol. The summed E-state index contributed by atoms with van der Waals surface area (Å²) in [5.41, 5.74) is 1.68. The van der Waals surface area contributed by atoms with Gasteiger partial charge >= 0.3 is 0 Å². The minimum atomic E-state index is -3.58. The highest BCUT2D eigenvalue weighted by atomic mass is 32.2. The summed E-state index contributed by atoms with van der Waals surface area (Å²) in [6, 6.07) is 0. The lowest BCUT2D eigenvalue weighted by Crippen LogP contribution is -2.38. The number of hydrogen-bond donors (Lipinski definition) is 0. The summed E-state index contributed by atoms with van der Waals surface area (Å²) in [5.74, 6) is 0.444. The Hall–Kier alpha value is -1.34. The SMILES string of the molecule is CCCCN(C)C(=O)c1c(C)c(S(=O)(=O)N2CCC(C)CC2)c(C)n1C. The van der Waals surface area contributed by atoms with Gasteiger partial charge in [0.2, 0.25) is 10.0 Å². The van der Waals surface area contributed by atoms with E-state index in [0.717, 1.165) is 25.7 Å². The molecule has 148 valence electrons. The molecule has 1 saturated heterocycles. The van der Waals surface area contributed by atoms with Gasteiger partial charge in [0.05, 0.1) is 0 Å². The average molecular weight is 384 g/mol. The van der Waals surface area contributed by atoms with Crippen LogP contribution >= 0.6 is 0 Å². The molecule has 1 aromatic rings. The van der Waals surface area contributed by atoms with Crippen molar-refractivity contribution in [3.05, 3.63) is 17.0 Å². The van der Waals surface area contributed by atoms with Crippen LogP contribution in [0.4, 0.5) is 0 Å². The summed E-state index contributed by atoms with van der Waals surface area (Å²) in [6.07, 6.45) is 3.71. The third-order valence-corrected chi connectivity index (χ3v) is 7.76. The van der Waals surface area contributed by atoms with Gasteiger partial charge in [-0.3, -0.25) is 4.79 Å². The van der Waals surface area contributed by atoms with Crippen LogP contribution in [0, 0.1) is 19.8 Å². The van der Waals surface area contributed by atoms with E-state index < -0.39 is 10.0 Å².